The lowest BCUT2D eigenvalue weighted by Crippen LogP contribution is -2.60. The summed E-state index contributed by atoms with van der Waals surface area (Å²) in [5.41, 5.74) is 23.0. The molecule has 0 spiro atoms. The van der Waals surface area contributed by atoms with E-state index >= 15 is 0 Å². The van der Waals surface area contributed by atoms with Crippen molar-refractivity contribution in [3.05, 3.63) is 179 Å². The fraction of sp³-hybridized carbons (Fsp3) is 0.265. The van der Waals surface area contributed by atoms with Gasteiger partial charge in [0.15, 0.2) is 0 Å². The van der Waals surface area contributed by atoms with Crippen LogP contribution in [-0.4, -0.2) is 11.3 Å². The number of aryl methyl sites for hydroxylation is 2. The summed E-state index contributed by atoms with van der Waals surface area (Å²) in [6.45, 7) is 32.8. The van der Waals surface area contributed by atoms with Crippen molar-refractivity contribution in [3.8, 4) is 5.69 Å². The van der Waals surface area contributed by atoms with E-state index in [1.54, 1.807) is 0 Å². The summed E-state index contributed by atoms with van der Waals surface area (Å²) in [7, 11) is 0. The molecular weight excluding hydrogens is 934 g/mol. The Balaban J connectivity index is 1.18. The Morgan fingerprint density at radius 3 is 1.61 bits per heavy atom. The van der Waals surface area contributed by atoms with Crippen LogP contribution in [0.5, 0.6) is 0 Å². The Morgan fingerprint density at radius 2 is 0.986 bits per heavy atom. The fourth-order valence-corrected chi connectivity index (χ4v) is 14.6. The van der Waals surface area contributed by atoms with Gasteiger partial charge in [-0.1, -0.05) is 162 Å². The molecule has 8 aromatic carbocycles. The maximum atomic E-state index is 2.70. The number of fused-ring (bicyclic) bond motifs is 12. The Bertz CT molecular complexity index is 4110. The molecular formula is C68H66BN3S2. The van der Waals surface area contributed by atoms with Crippen LogP contribution in [0.3, 0.4) is 0 Å². The number of benzene rings is 8. The molecule has 74 heavy (non-hydrogen) atoms. The largest absolute Gasteiger partial charge is 0.311 e. The van der Waals surface area contributed by atoms with Crippen LogP contribution < -0.4 is 26.2 Å². The van der Waals surface area contributed by atoms with Gasteiger partial charge in [-0.3, -0.25) is 0 Å². The van der Waals surface area contributed by atoms with E-state index < -0.39 is 0 Å². The molecule has 0 N–H and O–H groups in total. The molecule has 0 atom stereocenters. The van der Waals surface area contributed by atoms with Gasteiger partial charge in [-0.15, -0.1) is 22.7 Å². The first kappa shape index (κ1) is 47.1. The minimum atomic E-state index is -0.140. The minimum Gasteiger partial charge on any atom is -0.311 e. The molecule has 13 rings (SSSR count). The van der Waals surface area contributed by atoms with Gasteiger partial charge in [0.2, 0.25) is 0 Å². The predicted octanol–water partition coefficient (Wildman–Crippen LogP) is 18.3. The van der Waals surface area contributed by atoms with Crippen molar-refractivity contribution in [2.24, 2.45) is 0 Å². The molecule has 368 valence electrons. The van der Waals surface area contributed by atoms with Gasteiger partial charge in [-0.25, -0.2) is 0 Å². The van der Waals surface area contributed by atoms with Gasteiger partial charge in [0.05, 0.1) is 21.4 Å². The van der Waals surface area contributed by atoms with Crippen molar-refractivity contribution >= 4 is 131 Å². The van der Waals surface area contributed by atoms with E-state index in [1.807, 2.05) is 22.7 Å². The molecule has 11 aromatic rings. The SMILES string of the molecule is Cc1cc(C(C)(C)C)ccc1N(c1ccc2c(c1)N(c1cccc3sc4ccccc4c13)c1cc(C(C)(C)C)cc3c1B2c1cc(C(C)(C)C)cc2c4sc5ccccc5c4n-3c12)c1ccc(C(C)(C)C)cc1C. The molecule has 0 fully saturated rings. The van der Waals surface area contributed by atoms with Gasteiger partial charge in [-0.2, -0.15) is 0 Å². The lowest BCUT2D eigenvalue weighted by atomic mass is 9.33. The van der Waals surface area contributed by atoms with Gasteiger partial charge in [0.1, 0.15) is 0 Å². The van der Waals surface area contributed by atoms with Gasteiger partial charge in [-0.05, 0) is 152 Å². The fourth-order valence-electron chi connectivity index (χ4n) is 12.3. The highest BCUT2D eigenvalue weighted by molar-refractivity contribution is 7.27. The summed E-state index contributed by atoms with van der Waals surface area (Å²) in [5.74, 6) is 0. The van der Waals surface area contributed by atoms with Crippen LogP contribution in [0.15, 0.2) is 146 Å². The third-order valence-corrected chi connectivity index (χ3v) is 18.7. The molecule has 6 heteroatoms. The summed E-state index contributed by atoms with van der Waals surface area (Å²) in [5, 5.41) is 5.29. The second-order valence-electron chi connectivity index (χ2n) is 25.6. The van der Waals surface area contributed by atoms with Crippen LogP contribution in [-0.2, 0) is 21.7 Å². The predicted molar refractivity (Wildman–Crippen MR) is 327 cm³/mol. The summed E-state index contributed by atoms with van der Waals surface area (Å²) in [6.07, 6.45) is 0. The van der Waals surface area contributed by atoms with E-state index in [2.05, 4.69) is 257 Å². The Hall–Kier alpha value is -6.60. The topological polar surface area (TPSA) is 11.4 Å². The van der Waals surface area contributed by atoms with Crippen LogP contribution in [0.25, 0.3) is 57.1 Å². The van der Waals surface area contributed by atoms with Crippen molar-refractivity contribution in [2.75, 3.05) is 9.80 Å². The molecule has 2 aliphatic rings. The Kier molecular flexibility index (Phi) is 10.2. The first-order chi connectivity index (χ1) is 35.1. The minimum absolute atomic E-state index is 0.0191. The van der Waals surface area contributed by atoms with Gasteiger partial charge in [0.25, 0.3) is 6.71 Å². The van der Waals surface area contributed by atoms with E-state index in [4.69, 9.17) is 0 Å². The number of aromatic nitrogens is 1. The number of anilines is 6. The van der Waals surface area contributed by atoms with Crippen molar-refractivity contribution in [3.63, 3.8) is 0 Å². The van der Waals surface area contributed by atoms with E-state index in [0.29, 0.717) is 0 Å². The highest BCUT2D eigenvalue weighted by Gasteiger charge is 2.45. The number of rotatable bonds is 4. The zero-order valence-corrected chi connectivity index (χ0v) is 47.2. The molecule has 0 saturated heterocycles. The summed E-state index contributed by atoms with van der Waals surface area (Å²) in [6, 6.07) is 57.1. The highest BCUT2D eigenvalue weighted by Crippen LogP contribution is 2.51. The lowest BCUT2D eigenvalue weighted by molar-refractivity contribution is 0.589. The Morgan fingerprint density at radius 1 is 0.419 bits per heavy atom. The number of hydrogen-bond acceptors (Lipinski definition) is 4. The zero-order chi connectivity index (χ0) is 51.7. The molecule has 3 aromatic heterocycles. The summed E-state index contributed by atoms with van der Waals surface area (Å²) >= 11 is 3.85. The second-order valence-corrected chi connectivity index (χ2v) is 27.7. The molecule has 0 radical (unpaired) electrons. The number of hydrogen-bond donors (Lipinski definition) is 0. The molecule has 0 aliphatic carbocycles. The molecule has 0 bridgehead atoms. The van der Waals surface area contributed by atoms with Gasteiger partial charge >= 0.3 is 0 Å². The molecule has 0 saturated carbocycles. The average Bonchev–Trinajstić information content (AvgIpc) is 4.08. The van der Waals surface area contributed by atoms with Crippen molar-refractivity contribution in [2.45, 2.75) is 119 Å². The van der Waals surface area contributed by atoms with E-state index in [9.17, 15) is 0 Å². The second kappa shape index (κ2) is 16.0. The standard InChI is InChI=1S/C68H66BN3S2/c1-39-32-41(65(3,4)5)26-30-51(39)70(52-31-27-42(33-40(52)2)66(6,7)8)45-28-29-49-54(38-45)71(53-22-19-25-59-60(53)46-20-15-17-23-57(46)73-59)55-36-44(68(12,13)14)37-56-61(55)69(49)50-35-43(67(9,10)11)34-48-62(50)72(56)63-47-21-16-18-24-58(47)74-64(48)63/h15-38H,1-14H3. The van der Waals surface area contributed by atoms with Crippen LogP contribution in [0.2, 0.25) is 0 Å². The first-order valence-corrected chi connectivity index (χ1v) is 28.3. The normalized spacial score (nSPS) is 13.8. The van der Waals surface area contributed by atoms with E-state index in [-0.39, 0.29) is 28.4 Å². The summed E-state index contributed by atoms with van der Waals surface area (Å²) < 4.78 is 8.02. The quantitative estimate of drug-likeness (QED) is 0.163. The Labute approximate surface area is 446 Å². The number of nitrogens with zero attached hydrogens (tertiary/aromatic N) is 3. The molecule has 0 unspecified atom stereocenters. The smallest absolute Gasteiger partial charge is 0.252 e. The van der Waals surface area contributed by atoms with Crippen molar-refractivity contribution in [1.82, 2.24) is 4.57 Å². The molecule has 5 heterocycles. The van der Waals surface area contributed by atoms with Gasteiger partial charge < -0.3 is 14.4 Å². The van der Waals surface area contributed by atoms with E-state index in [1.165, 1.54) is 135 Å². The van der Waals surface area contributed by atoms with Gasteiger partial charge in [0, 0.05) is 69.8 Å². The maximum absolute atomic E-state index is 2.70. The summed E-state index contributed by atoms with van der Waals surface area (Å²) in [4.78, 5) is 5.25. The maximum Gasteiger partial charge on any atom is 0.252 e. The van der Waals surface area contributed by atoms with Crippen molar-refractivity contribution in [1.29, 1.82) is 0 Å². The zero-order valence-electron chi connectivity index (χ0n) is 45.6. The average molecular weight is 1000 g/mol. The highest BCUT2D eigenvalue weighted by atomic mass is 32.1. The van der Waals surface area contributed by atoms with E-state index in [0.717, 1.165) is 5.69 Å². The number of thiophene rings is 2. The van der Waals surface area contributed by atoms with Crippen LogP contribution >= 0.6 is 22.7 Å². The third-order valence-electron chi connectivity index (χ3n) is 16.4. The molecule has 2 aliphatic heterocycles. The van der Waals surface area contributed by atoms with Crippen LogP contribution in [0, 0.1) is 13.8 Å². The monoisotopic (exact) mass is 999 g/mol. The van der Waals surface area contributed by atoms with Crippen molar-refractivity contribution < 1.29 is 0 Å². The van der Waals surface area contributed by atoms with Crippen LogP contribution in [0.4, 0.5) is 34.1 Å². The lowest BCUT2D eigenvalue weighted by Gasteiger charge is -2.42. The third kappa shape index (κ3) is 7.03. The molecule has 3 nitrogen and oxygen atoms in total. The first-order valence-electron chi connectivity index (χ1n) is 26.6. The molecule has 0 amide bonds. The van der Waals surface area contributed by atoms with Crippen LogP contribution in [0.1, 0.15) is 116 Å².